The fraction of sp³-hybridized carbons (Fsp3) is 0.471. The lowest BCUT2D eigenvalue weighted by atomic mass is 9.92. The maximum atomic E-state index is 11.9. The molecular weight excluding hydrogens is 266 g/mol. The Morgan fingerprint density at radius 2 is 2.19 bits per heavy atom. The van der Waals surface area contributed by atoms with E-state index in [1.807, 2.05) is 18.2 Å². The maximum absolute atomic E-state index is 11.9. The molecule has 1 aliphatic heterocycles. The quantitative estimate of drug-likeness (QED) is 0.837. The summed E-state index contributed by atoms with van der Waals surface area (Å²) in [5.74, 6) is 0.805. The van der Waals surface area contributed by atoms with Crippen molar-refractivity contribution in [1.82, 2.24) is 5.32 Å². The van der Waals surface area contributed by atoms with Gasteiger partial charge in [0.1, 0.15) is 5.75 Å². The van der Waals surface area contributed by atoms with Crippen LogP contribution in [-0.2, 0) is 11.2 Å². The Kier molecular flexibility index (Phi) is 4.25. The molecule has 1 aliphatic carbocycles. The van der Waals surface area contributed by atoms with Gasteiger partial charge in [-0.05, 0) is 42.2 Å². The van der Waals surface area contributed by atoms with Gasteiger partial charge in [-0.15, -0.1) is 0 Å². The van der Waals surface area contributed by atoms with Crippen molar-refractivity contribution in [2.75, 3.05) is 6.61 Å². The fourth-order valence-electron chi connectivity index (χ4n) is 2.99. The lowest BCUT2D eigenvalue weighted by molar-refractivity contribution is -0.118. The normalized spacial score (nSPS) is 24.6. The minimum Gasteiger partial charge on any atom is -0.493 e. The number of aliphatic hydroxyl groups excluding tert-OH is 1. The van der Waals surface area contributed by atoms with Crippen LogP contribution in [0.1, 0.15) is 36.8 Å². The molecule has 1 saturated carbocycles. The third-order valence-corrected chi connectivity index (χ3v) is 4.20. The minimum atomic E-state index is -0.409. The van der Waals surface area contributed by atoms with Crippen LogP contribution in [0.5, 0.6) is 5.75 Å². The number of aliphatic hydroxyl groups is 1. The molecule has 0 radical (unpaired) electrons. The number of hydrogen-bond acceptors (Lipinski definition) is 3. The molecule has 2 unspecified atom stereocenters. The SMILES string of the molecule is O=C(/C=C/c1ccc2c(c1)CCO2)NC1CCCCC1O. The Labute approximate surface area is 124 Å². The van der Waals surface area contributed by atoms with Gasteiger partial charge in [-0.25, -0.2) is 0 Å². The van der Waals surface area contributed by atoms with Crippen molar-refractivity contribution >= 4 is 12.0 Å². The second-order valence-electron chi connectivity index (χ2n) is 5.77. The second-order valence-corrected chi connectivity index (χ2v) is 5.77. The fourth-order valence-corrected chi connectivity index (χ4v) is 2.99. The van der Waals surface area contributed by atoms with Crippen molar-refractivity contribution in [2.24, 2.45) is 0 Å². The van der Waals surface area contributed by atoms with Gasteiger partial charge < -0.3 is 15.2 Å². The zero-order chi connectivity index (χ0) is 14.7. The highest BCUT2D eigenvalue weighted by Crippen LogP contribution is 2.26. The largest absolute Gasteiger partial charge is 0.493 e. The van der Waals surface area contributed by atoms with Gasteiger partial charge in [0.2, 0.25) is 5.91 Å². The number of nitrogens with one attached hydrogen (secondary N) is 1. The van der Waals surface area contributed by atoms with E-state index < -0.39 is 6.10 Å². The molecule has 2 atom stereocenters. The molecule has 112 valence electrons. The first kappa shape index (κ1) is 14.1. The molecule has 21 heavy (non-hydrogen) atoms. The van der Waals surface area contributed by atoms with Gasteiger partial charge in [0.05, 0.1) is 18.8 Å². The van der Waals surface area contributed by atoms with Gasteiger partial charge in [-0.2, -0.15) is 0 Å². The molecule has 2 N–H and O–H groups in total. The Balaban J connectivity index is 1.59. The van der Waals surface area contributed by atoms with E-state index in [1.165, 1.54) is 5.56 Å². The number of rotatable bonds is 3. The summed E-state index contributed by atoms with van der Waals surface area (Å²) in [5.41, 5.74) is 2.19. The molecule has 1 amide bonds. The van der Waals surface area contributed by atoms with E-state index in [-0.39, 0.29) is 11.9 Å². The van der Waals surface area contributed by atoms with Crippen LogP contribution < -0.4 is 10.1 Å². The van der Waals surface area contributed by atoms with Crippen molar-refractivity contribution in [3.8, 4) is 5.75 Å². The summed E-state index contributed by atoms with van der Waals surface area (Å²) < 4.78 is 5.46. The zero-order valence-corrected chi connectivity index (χ0v) is 12.0. The first-order chi connectivity index (χ1) is 10.2. The Morgan fingerprint density at radius 3 is 3.05 bits per heavy atom. The average Bonchev–Trinajstić information content (AvgIpc) is 2.95. The topological polar surface area (TPSA) is 58.6 Å². The molecule has 1 aromatic rings. The van der Waals surface area contributed by atoms with E-state index in [2.05, 4.69) is 11.4 Å². The van der Waals surface area contributed by atoms with E-state index in [9.17, 15) is 9.90 Å². The van der Waals surface area contributed by atoms with Gasteiger partial charge in [0.25, 0.3) is 0 Å². The molecule has 4 heteroatoms. The van der Waals surface area contributed by atoms with E-state index in [0.29, 0.717) is 0 Å². The Hall–Kier alpha value is -1.81. The third kappa shape index (κ3) is 3.45. The number of hydrogen-bond donors (Lipinski definition) is 2. The molecule has 4 nitrogen and oxygen atoms in total. The minimum absolute atomic E-state index is 0.107. The number of carbonyl (C=O) groups excluding carboxylic acids is 1. The molecule has 1 aromatic carbocycles. The van der Waals surface area contributed by atoms with E-state index in [1.54, 1.807) is 6.08 Å². The lowest BCUT2D eigenvalue weighted by Gasteiger charge is -2.27. The Bertz CT molecular complexity index is 553. The van der Waals surface area contributed by atoms with E-state index in [0.717, 1.165) is 50.0 Å². The summed E-state index contributed by atoms with van der Waals surface area (Å²) >= 11 is 0. The smallest absolute Gasteiger partial charge is 0.244 e. The van der Waals surface area contributed by atoms with E-state index >= 15 is 0 Å². The average molecular weight is 287 g/mol. The summed E-state index contributed by atoms with van der Waals surface area (Å²) in [5, 5.41) is 12.7. The van der Waals surface area contributed by atoms with Crippen molar-refractivity contribution in [3.63, 3.8) is 0 Å². The Morgan fingerprint density at radius 1 is 1.33 bits per heavy atom. The van der Waals surface area contributed by atoms with Gasteiger partial charge in [0.15, 0.2) is 0 Å². The number of ether oxygens (including phenoxy) is 1. The zero-order valence-electron chi connectivity index (χ0n) is 12.0. The van der Waals surface area contributed by atoms with Crippen LogP contribution in [0.25, 0.3) is 6.08 Å². The van der Waals surface area contributed by atoms with Crippen LogP contribution in [0.2, 0.25) is 0 Å². The van der Waals surface area contributed by atoms with Gasteiger partial charge in [-0.3, -0.25) is 4.79 Å². The van der Waals surface area contributed by atoms with Crippen LogP contribution in [0.4, 0.5) is 0 Å². The first-order valence-electron chi connectivity index (χ1n) is 7.65. The number of benzene rings is 1. The number of carbonyl (C=O) groups is 1. The molecule has 0 bridgehead atoms. The molecule has 0 spiro atoms. The molecular formula is C17H21NO3. The summed E-state index contributed by atoms with van der Waals surface area (Å²) in [6, 6.07) is 5.85. The summed E-state index contributed by atoms with van der Waals surface area (Å²) in [7, 11) is 0. The van der Waals surface area contributed by atoms with Crippen LogP contribution in [0.15, 0.2) is 24.3 Å². The summed E-state index contributed by atoms with van der Waals surface area (Å²) in [4.78, 5) is 11.9. The highest BCUT2D eigenvalue weighted by molar-refractivity contribution is 5.92. The van der Waals surface area contributed by atoms with Crippen LogP contribution in [-0.4, -0.2) is 29.8 Å². The lowest BCUT2D eigenvalue weighted by Crippen LogP contribution is -2.44. The summed E-state index contributed by atoms with van der Waals surface area (Å²) in [6.07, 6.45) is 7.61. The van der Waals surface area contributed by atoms with Crippen molar-refractivity contribution in [3.05, 3.63) is 35.4 Å². The predicted molar refractivity (Wildman–Crippen MR) is 81.1 cm³/mol. The maximum Gasteiger partial charge on any atom is 0.244 e. The van der Waals surface area contributed by atoms with Crippen LogP contribution >= 0.6 is 0 Å². The molecule has 1 fully saturated rings. The van der Waals surface area contributed by atoms with Crippen molar-refractivity contribution in [1.29, 1.82) is 0 Å². The second kappa shape index (κ2) is 6.31. The molecule has 2 aliphatic rings. The highest BCUT2D eigenvalue weighted by atomic mass is 16.5. The number of fused-ring (bicyclic) bond motifs is 1. The number of amides is 1. The van der Waals surface area contributed by atoms with Crippen molar-refractivity contribution in [2.45, 2.75) is 44.2 Å². The van der Waals surface area contributed by atoms with Crippen LogP contribution in [0, 0.1) is 0 Å². The molecule has 0 aromatic heterocycles. The van der Waals surface area contributed by atoms with E-state index in [4.69, 9.17) is 4.74 Å². The van der Waals surface area contributed by atoms with Crippen molar-refractivity contribution < 1.29 is 14.6 Å². The first-order valence-corrected chi connectivity index (χ1v) is 7.65. The van der Waals surface area contributed by atoms with Gasteiger partial charge >= 0.3 is 0 Å². The molecule has 3 rings (SSSR count). The predicted octanol–water partition coefficient (Wildman–Crippen LogP) is 2.05. The third-order valence-electron chi connectivity index (χ3n) is 4.20. The summed E-state index contributed by atoms with van der Waals surface area (Å²) in [6.45, 7) is 0.739. The van der Waals surface area contributed by atoms with Gasteiger partial charge in [0, 0.05) is 12.5 Å². The monoisotopic (exact) mass is 287 g/mol. The van der Waals surface area contributed by atoms with Gasteiger partial charge in [-0.1, -0.05) is 18.9 Å². The molecule has 0 saturated heterocycles. The van der Waals surface area contributed by atoms with Crippen LogP contribution in [0.3, 0.4) is 0 Å². The standard InChI is InChI=1S/C17H21NO3/c19-15-4-2-1-3-14(15)18-17(20)8-6-12-5-7-16-13(11-12)9-10-21-16/h5-8,11,14-15,19H,1-4,9-10H2,(H,18,20)/b8-6+. The highest BCUT2D eigenvalue weighted by Gasteiger charge is 2.23. The molecule has 1 heterocycles.